The number of nitrogens with one attached hydrogen (secondary N) is 2. The van der Waals surface area contributed by atoms with Gasteiger partial charge in [0.1, 0.15) is 0 Å². The highest BCUT2D eigenvalue weighted by Gasteiger charge is 2.23. The molecule has 1 saturated heterocycles. The van der Waals surface area contributed by atoms with E-state index in [0.717, 1.165) is 19.6 Å². The molecule has 0 aromatic carbocycles. The SMILES string of the molecule is CCN1CCCC1CNC(=NC)NCCS(=O)(=O)N(CC)CC. The Kier molecular flexibility index (Phi) is 8.86. The van der Waals surface area contributed by atoms with Gasteiger partial charge in [0.25, 0.3) is 0 Å². The average Bonchev–Trinajstić information content (AvgIpc) is 2.98. The zero-order chi connectivity index (χ0) is 17.3. The van der Waals surface area contributed by atoms with Crippen LogP contribution in [-0.2, 0) is 10.0 Å². The van der Waals surface area contributed by atoms with Crippen LogP contribution in [0.2, 0.25) is 0 Å². The van der Waals surface area contributed by atoms with Gasteiger partial charge in [-0.15, -0.1) is 0 Å². The summed E-state index contributed by atoms with van der Waals surface area (Å²) in [6.45, 7) is 10.4. The number of hydrogen-bond donors (Lipinski definition) is 2. The molecule has 1 aliphatic heterocycles. The Morgan fingerprint density at radius 1 is 1.26 bits per heavy atom. The zero-order valence-corrected chi connectivity index (χ0v) is 15.8. The molecule has 1 heterocycles. The van der Waals surface area contributed by atoms with Crippen molar-refractivity contribution in [2.24, 2.45) is 4.99 Å². The Morgan fingerprint density at radius 2 is 1.96 bits per heavy atom. The molecule has 1 rings (SSSR count). The average molecular weight is 348 g/mol. The van der Waals surface area contributed by atoms with E-state index < -0.39 is 10.0 Å². The van der Waals surface area contributed by atoms with Gasteiger partial charge in [-0.3, -0.25) is 9.89 Å². The van der Waals surface area contributed by atoms with Crippen LogP contribution in [0.3, 0.4) is 0 Å². The molecule has 0 radical (unpaired) electrons. The van der Waals surface area contributed by atoms with Crippen LogP contribution in [0.5, 0.6) is 0 Å². The van der Waals surface area contributed by atoms with E-state index in [1.165, 1.54) is 17.1 Å². The minimum Gasteiger partial charge on any atom is -0.355 e. The highest BCUT2D eigenvalue weighted by atomic mass is 32.2. The molecule has 0 bridgehead atoms. The number of guanidine groups is 1. The summed E-state index contributed by atoms with van der Waals surface area (Å²) in [5.74, 6) is 0.752. The van der Waals surface area contributed by atoms with E-state index in [0.29, 0.717) is 31.6 Å². The van der Waals surface area contributed by atoms with Gasteiger partial charge >= 0.3 is 0 Å². The number of hydrogen-bond acceptors (Lipinski definition) is 4. The summed E-state index contributed by atoms with van der Waals surface area (Å²) in [7, 11) is -1.48. The fourth-order valence-corrected chi connectivity index (χ4v) is 4.43. The van der Waals surface area contributed by atoms with Gasteiger partial charge in [-0.1, -0.05) is 20.8 Å². The van der Waals surface area contributed by atoms with Crippen molar-refractivity contribution in [2.45, 2.75) is 39.7 Å². The molecule has 0 aromatic heterocycles. The van der Waals surface area contributed by atoms with Crippen LogP contribution >= 0.6 is 0 Å². The Morgan fingerprint density at radius 3 is 2.52 bits per heavy atom. The van der Waals surface area contributed by atoms with Gasteiger partial charge in [0.2, 0.25) is 10.0 Å². The molecular weight excluding hydrogens is 314 g/mol. The first-order chi connectivity index (χ1) is 11.0. The van der Waals surface area contributed by atoms with Crippen LogP contribution in [0, 0.1) is 0 Å². The molecule has 0 amide bonds. The third-order valence-electron chi connectivity index (χ3n) is 4.39. The summed E-state index contributed by atoms with van der Waals surface area (Å²) < 4.78 is 25.7. The first-order valence-electron chi connectivity index (χ1n) is 8.64. The summed E-state index contributed by atoms with van der Waals surface area (Å²) in [5, 5.41) is 6.41. The first-order valence-corrected chi connectivity index (χ1v) is 10.3. The molecule has 0 aliphatic carbocycles. The normalized spacial score (nSPS) is 20.2. The van der Waals surface area contributed by atoms with E-state index in [4.69, 9.17) is 0 Å². The van der Waals surface area contributed by atoms with E-state index in [-0.39, 0.29) is 5.75 Å². The number of aliphatic imine (C=N–C) groups is 1. The van der Waals surface area contributed by atoms with E-state index in [1.807, 2.05) is 13.8 Å². The largest absolute Gasteiger partial charge is 0.355 e. The third kappa shape index (κ3) is 6.27. The Hall–Kier alpha value is -0.860. The molecule has 1 atom stereocenters. The quantitative estimate of drug-likeness (QED) is 0.464. The molecular formula is C15H33N5O2S. The first kappa shape index (κ1) is 20.2. The molecule has 1 unspecified atom stereocenters. The minimum absolute atomic E-state index is 0.0832. The van der Waals surface area contributed by atoms with Crippen LogP contribution in [0.15, 0.2) is 4.99 Å². The van der Waals surface area contributed by atoms with Gasteiger partial charge in [-0.25, -0.2) is 12.7 Å². The van der Waals surface area contributed by atoms with Crippen molar-refractivity contribution >= 4 is 16.0 Å². The van der Waals surface area contributed by atoms with Gasteiger partial charge in [0, 0.05) is 39.3 Å². The summed E-state index contributed by atoms with van der Waals surface area (Å²) in [6.07, 6.45) is 2.45. The van der Waals surface area contributed by atoms with E-state index in [2.05, 4.69) is 27.4 Å². The van der Waals surface area contributed by atoms with Crippen LogP contribution in [-0.4, -0.2) is 81.7 Å². The van der Waals surface area contributed by atoms with Crippen molar-refractivity contribution in [1.29, 1.82) is 0 Å². The highest BCUT2D eigenvalue weighted by Crippen LogP contribution is 2.15. The predicted octanol–water partition coefficient (Wildman–Crippen LogP) is 0.307. The number of sulfonamides is 1. The Bertz CT molecular complexity index is 462. The number of likely N-dealkylation sites (tertiary alicyclic amines) is 1. The van der Waals surface area contributed by atoms with Gasteiger partial charge < -0.3 is 10.6 Å². The molecule has 2 N–H and O–H groups in total. The van der Waals surface area contributed by atoms with Crippen LogP contribution in [0.1, 0.15) is 33.6 Å². The van der Waals surface area contributed by atoms with Crippen LogP contribution in [0.25, 0.3) is 0 Å². The fourth-order valence-electron chi connectivity index (χ4n) is 3.02. The molecule has 136 valence electrons. The second-order valence-corrected chi connectivity index (χ2v) is 7.79. The van der Waals surface area contributed by atoms with Gasteiger partial charge in [0.15, 0.2) is 5.96 Å². The molecule has 1 fully saturated rings. The lowest BCUT2D eigenvalue weighted by Gasteiger charge is -2.24. The second kappa shape index (κ2) is 10.1. The van der Waals surface area contributed by atoms with Gasteiger partial charge in [-0.2, -0.15) is 0 Å². The fraction of sp³-hybridized carbons (Fsp3) is 0.933. The maximum absolute atomic E-state index is 12.1. The van der Waals surface area contributed by atoms with Crippen LogP contribution < -0.4 is 10.6 Å². The predicted molar refractivity (Wildman–Crippen MR) is 96.3 cm³/mol. The molecule has 0 saturated carbocycles. The van der Waals surface area contributed by atoms with E-state index in [9.17, 15) is 8.42 Å². The van der Waals surface area contributed by atoms with Gasteiger partial charge in [0.05, 0.1) is 5.75 Å². The zero-order valence-electron chi connectivity index (χ0n) is 15.0. The Labute approximate surface area is 141 Å². The molecule has 7 nitrogen and oxygen atoms in total. The van der Waals surface area contributed by atoms with Crippen molar-refractivity contribution in [3.05, 3.63) is 0 Å². The lowest BCUT2D eigenvalue weighted by molar-refractivity contribution is 0.267. The second-order valence-electron chi connectivity index (χ2n) is 5.70. The maximum atomic E-state index is 12.1. The smallest absolute Gasteiger partial charge is 0.215 e. The topological polar surface area (TPSA) is 77.0 Å². The van der Waals surface area contributed by atoms with Gasteiger partial charge in [-0.05, 0) is 25.9 Å². The summed E-state index contributed by atoms with van der Waals surface area (Å²) in [5.41, 5.74) is 0. The lowest BCUT2D eigenvalue weighted by Crippen LogP contribution is -2.46. The van der Waals surface area contributed by atoms with Crippen molar-refractivity contribution in [3.63, 3.8) is 0 Å². The lowest BCUT2D eigenvalue weighted by atomic mass is 10.2. The number of nitrogens with zero attached hydrogens (tertiary/aromatic N) is 3. The Balaban J connectivity index is 2.37. The van der Waals surface area contributed by atoms with Crippen molar-refractivity contribution in [1.82, 2.24) is 19.8 Å². The molecule has 8 heteroatoms. The van der Waals surface area contributed by atoms with Crippen molar-refractivity contribution in [3.8, 4) is 0 Å². The number of likely N-dealkylation sites (N-methyl/N-ethyl adjacent to an activating group) is 1. The van der Waals surface area contributed by atoms with E-state index >= 15 is 0 Å². The standard InChI is InChI=1S/C15H33N5O2S/c1-5-19-11-8-9-14(19)13-18-15(16-4)17-10-12-23(21,22)20(6-2)7-3/h14H,5-13H2,1-4H3,(H2,16,17,18). The van der Waals surface area contributed by atoms with Crippen molar-refractivity contribution in [2.75, 3.05) is 52.1 Å². The molecule has 1 aliphatic rings. The maximum Gasteiger partial charge on any atom is 0.215 e. The molecule has 0 aromatic rings. The third-order valence-corrected chi connectivity index (χ3v) is 6.41. The van der Waals surface area contributed by atoms with Crippen molar-refractivity contribution < 1.29 is 8.42 Å². The summed E-state index contributed by atoms with van der Waals surface area (Å²) in [4.78, 5) is 6.64. The molecule has 23 heavy (non-hydrogen) atoms. The summed E-state index contributed by atoms with van der Waals surface area (Å²) >= 11 is 0. The highest BCUT2D eigenvalue weighted by molar-refractivity contribution is 7.89. The monoisotopic (exact) mass is 347 g/mol. The summed E-state index contributed by atoms with van der Waals surface area (Å²) in [6, 6.07) is 0.540. The number of rotatable bonds is 9. The molecule has 0 spiro atoms. The minimum atomic E-state index is -3.19. The van der Waals surface area contributed by atoms with Crippen LogP contribution in [0.4, 0.5) is 0 Å². The van der Waals surface area contributed by atoms with E-state index in [1.54, 1.807) is 7.05 Å².